The Balaban J connectivity index is 1.66. The second-order valence-electron chi connectivity index (χ2n) is 6.33. The van der Waals surface area contributed by atoms with Crippen LogP contribution in [-0.2, 0) is 13.1 Å². The van der Waals surface area contributed by atoms with Gasteiger partial charge in [0.2, 0.25) is 0 Å². The van der Waals surface area contributed by atoms with Gasteiger partial charge >= 0.3 is 0 Å². The van der Waals surface area contributed by atoms with E-state index in [0.29, 0.717) is 0 Å². The van der Waals surface area contributed by atoms with Crippen molar-refractivity contribution in [1.82, 2.24) is 24.3 Å². The molecular formula is C20H21N5O. The fourth-order valence-electron chi connectivity index (χ4n) is 3.18. The lowest BCUT2D eigenvalue weighted by Crippen LogP contribution is -2.10. The maximum atomic E-state index is 5.84. The summed E-state index contributed by atoms with van der Waals surface area (Å²) in [6, 6.07) is 12.2. The zero-order valence-corrected chi connectivity index (χ0v) is 15.2. The highest BCUT2D eigenvalue weighted by molar-refractivity contribution is 5.78. The predicted octanol–water partition coefficient (Wildman–Crippen LogP) is 4.03. The summed E-state index contributed by atoms with van der Waals surface area (Å²) in [6.45, 7) is 7.36. The van der Waals surface area contributed by atoms with Gasteiger partial charge in [0.05, 0.1) is 6.54 Å². The van der Waals surface area contributed by atoms with E-state index in [0.717, 1.165) is 53.2 Å². The minimum Gasteiger partial charge on any atom is -0.461 e. The van der Waals surface area contributed by atoms with Crippen LogP contribution < -0.4 is 0 Å². The largest absolute Gasteiger partial charge is 0.461 e. The highest BCUT2D eigenvalue weighted by Gasteiger charge is 2.14. The van der Waals surface area contributed by atoms with Crippen molar-refractivity contribution in [2.75, 3.05) is 0 Å². The van der Waals surface area contributed by atoms with Gasteiger partial charge in [-0.15, -0.1) is 0 Å². The SMILES string of the molecule is Cc1nc(C)n(CCn2ccnc2-c2ccccc2-c2ccc(C)o2)n1. The van der Waals surface area contributed by atoms with Crippen LogP contribution in [-0.4, -0.2) is 24.3 Å². The molecule has 0 fully saturated rings. The zero-order valence-electron chi connectivity index (χ0n) is 15.2. The minimum absolute atomic E-state index is 0.748. The molecule has 132 valence electrons. The molecule has 0 aliphatic carbocycles. The van der Waals surface area contributed by atoms with E-state index < -0.39 is 0 Å². The van der Waals surface area contributed by atoms with Gasteiger partial charge in [-0.2, -0.15) is 5.10 Å². The number of aryl methyl sites for hydroxylation is 5. The summed E-state index contributed by atoms with van der Waals surface area (Å²) in [5.74, 6) is 4.40. The highest BCUT2D eigenvalue weighted by Crippen LogP contribution is 2.32. The van der Waals surface area contributed by atoms with E-state index in [9.17, 15) is 0 Å². The van der Waals surface area contributed by atoms with Gasteiger partial charge in [-0.1, -0.05) is 24.3 Å². The van der Waals surface area contributed by atoms with E-state index >= 15 is 0 Å². The van der Waals surface area contributed by atoms with Crippen molar-refractivity contribution in [2.45, 2.75) is 33.9 Å². The van der Waals surface area contributed by atoms with E-state index in [-0.39, 0.29) is 0 Å². The van der Waals surface area contributed by atoms with Crippen LogP contribution in [0.15, 0.2) is 53.2 Å². The first kappa shape index (κ1) is 16.3. The third-order valence-corrected chi connectivity index (χ3v) is 4.40. The number of hydrogen-bond donors (Lipinski definition) is 0. The maximum absolute atomic E-state index is 5.84. The molecule has 6 nitrogen and oxygen atoms in total. The van der Waals surface area contributed by atoms with Crippen LogP contribution in [0.4, 0.5) is 0 Å². The zero-order chi connectivity index (χ0) is 18.1. The summed E-state index contributed by atoms with van der Waals surface area (Å²) < 4.78 is 9.91. The molecule has 3 heterocycles. The van der Waals surface area contributed by atoms with Gasteiger partial charge in [0.25, 0.3) is 0 Å². The molecule has 0 aliphatic rings. The molecule has 0 radical (unpaired) electrons. The third kappa shape index (κ3) is 3.06. The topological polar surface area (TPSA) is 61.7 Å². The van der Waals surface area contributed by atoms with E-state index in [2.05, 4.69) is 31.8 Å². The fraction of sp³-hybridized carbons (Fsp3) is 0.250. The Morgan fingerprint density at radius 1 is 0.962 bits per heavy atom. The highest BCUT2D eigenvalue weighted by atomic mass is 16.3. The van der Waals surface area contributed by atoms with Gasteiger partial charge in [-0.05, 0) is 32.9 Å². The molecule has 0 bridgehead atoms. The number of furan rings is 1. The lowest BCUT2D eigenvalue weighted by molar-refractivity contribution is 0.522. The van der Waals surface area contributed by atoms with Gasteiger partial charge in [-0.3, -0.25) is 0 Å². The smallest absolute Gasteiger partial charge is 0.147 e. The second-order valence-corrected chi connectivity index (χ2v) is 6.33. The van der Waals surface area contributed by atoms with Crippen molar-refractivity contribution in [3.63, 3.8) is 0 Å². The number of benzene rings is 1. The molecule has 1 aromatic carbocycles. The standard InChI is InChI=1S/C20H21N5O/c1-14-8-9-19(26-14)17-6-4-5-7-18(17)20-21-10-11-24(20)12-13-25-16(3)22-15(2)23-25/h4-11H,12-13H2,1-3H3. The lowest BCUT2D eigenvalue weighted by atomic mass is 10.0. The molecule has 4 aromatic rings. The van der Waals surface area contributed by atoms with Crippen molar-refractivity contribution in [3.8, 4) is 22.7 Å². The van der Waals surface area contributed by atoms with Gasteiger partial charge < -0.3 is 8.98 Å². The van der Waals surface area contributed by atoms with Gasteiger partial charge in [-0.25, -0.2) is 14.6 Å². The Kier molecular flexibility index (Phi) is 4.16. The van der Waals surface area contributed by atoms with Crippen molar-refractivity contribution in [2.24, 2.45) is 0 Å². The summed E-state index contributed by atoms with van der Waals surface area (Å²) in [5.41, 5.74) is 2.10. The number of nitrogens with zero attached hydrogens (tertiary/aromatic N) is 5. The molecule has 0 atom stereocenters. The normalized spacial score (nSPS) is 11.2. The van der Waals surface area contributed by atoms with Crippen LogP contribution in [0.2, 0.25) is 0 Å². The van der Waals surface area contributed by atoms with Crippen molar-refractivity contribution in [1.29, 1.82) is 0 Å². The summed E-state index contributed by atoms with van der Waals surface area (Å²) >= 11 is 0. The maximum Gasteiger partial charge on any atom is 0.147 e. The summed E-state index contributed by atoms with van der Waals surface area (Å²) in [6.07, 6.45) is 3.83. The van der Waals surface area contributed by atoms with Crippen LogP contribution in [0.3, 0.4) is 0 Å². The Morgan fingerprint density at radius 3 is 2.46 bits per heavy atom. The molecule has 4 rings (SSSR count). The van der Waals surface area contributed by atoms with Gasteiger partial charge in [0.1, 0.15) is 29.0 Å². The van der Waals surface area contributed by atoms with Crippen molar-refractivity contribution >= 4 is 0 Å². The monoisotopic (exact) mass is 347 g/mol. The van der Waals surface area contributed by atoms with E-state index in [4.69, 9.17) is 4.42 Å². The molecule has 26 heavy (non-hydrogen) atoms. The lowest BCUT2D eigenvalue weighted by Gasteiger charge is -2.11. The number of rotatable bonds is 5. The average molecular weight is 347 g/mol. The first-order valence-electron chi connectivity index (χ1n) is 8.67. The summed E-state index contributed by atoms with van der Waals surface area (Å²) in [5, 5.41) is 4.44. The van der Waals surface area contributed by atoms with Crippen LogP contribution in [0, 0.1) is 20.8 Å². The Labute approximate surface area is 152 Å². The molecule has 0 aliphatic heterocycles. The fourth-order valence-corrected chi connectivity index (χ4v) is 3.18. The van der Waals surface area contributed by atoms with Crippen LogP contribution in [0.5, 0.6) is 0 Å². The van der Waals surface area contributed by atoms with E-state index in [1.807, 2.05) is 62.1 Å². The summed E-state index contributed by atoms with van der Waals surface area (Å²) in [7, 11) is 0. The predicted molar refractivity (Wildman–Crippen MR) is 99.6 cm³/mol. The Hall–Kier alpha value is -3.15. The quantitative estimate of drug-likeness (QED) is 0.547. The third-order valence-electron chi connectivity index (χ3n) is 4.40. The van der Waals surface area contributed by atoms with E-state index in [1.165, 1.54) is 0 Å². The molecular weight excluding hydrogens is 326 g/mol. The summed E-state index contributed by atoms with van der Waals surface area (Å²) in [4.78, 5) is 8.96. The average Bonchev–Trinajstić information content (AvgIpc) is 3.33. The molecule has 0 spiro atoms. The molecule has 0 N–H and O–H groups in total. The number of hydrogen-bond acceptors (Lipinski definition) is 4. The van der Waals surface area contributed by atoms with Crippen LogP contribution >= 0.6 is 0 Å². The Bertz CT molecular complexity index is 1040. The Morgan fingerprint density at radius 2 is 1.77 bits per heavy atom. The molecule has 0 amide bonds. The second kappa shape index (κ2) is 6.63. The minimum atomic E-state index is 0.748. The molecule has 0 unspecified atom stereocenters. The first-order chi connectivity index (χ1) is 12.6. The number of aromatic nitrogens is 5. The van der Waals surface area contributed by atoms with Gasteiger partial charge in [0, 0.05) is 30.1 Å². The molecule has 0 saturated heterocycles. The molecule has 6 heteroatoms. The number of imidazole rings is 1. The molecule has 0 saturated carbocycles. The van der Waals surface area contributed by atoms with Crippen LogP contribution in [0.1, 0.15) is 17.4 Å². The van der Waals surface area contributed by atoms with Crippen molar-refractivity contribution < 1.29 is 4.42 Å². The van der Waals surface area contributed by atoms with Crippen LogP contribution in [0.25, 0.3) is 22.7 Å². The first-order valence-corrected chi connectivity index (χ1v) is 8.67. The van der Waals surface area contributed by atoms with Crippen molar-refractivity contribution in [3.05, 3.63) is 66.2 Å². The molecule has 3 aromatic heterocycles. The van der Waals surface area contributed by atoms with Gasteiger partial charge in [0.15, 0.2) is 0 Å². The van der Waals surface area contributed by atoms with E-state index in [1.54, 1.807) is 0 Å².